The van der Waals surface area contributed by atoms with Crippen LogP contribution in [-0.4, -0.2) is 56.9 Å². The normalized spacial score (nSPS) is 19.0. The minimum Gasteiger partial charge on any atom is -0.477 e. The number of carbonyl (C=O) groups excluding carboxylic acids is 3. The molecule has 3 rings (SSSR count). The number of esters is 1. The van der Waals surface area contributed by atoms with Gasteiger partial charge in [-0.2, -0.15) is 0 Å². The summed E-state index contributed by atoms with van der Waals surface area (Å²) in [6.45, 7) is 1.15. The number of amides is 2. The maximum Gasteiger partial charge on any atom is 0.352 e. The van der Waals surface area contributed by atoms with Crippen molar-refractivity contribution in [1.29, 1.82) is 0 Å². The van der Waals surface area contributed by atoms with E-state index >= 15 is 0 Å². The van der Waals surface area contributed by atoms with E-state index in [-0.39, 0.29) is 40.5 Å². The first-order chi connectivity index (χ1) is 14.2. The zero-order chi connectivity index (χ0) is 22.0. The molecular formula is C18H16Cl2N2O6S2. The fourth-order valence-electron chi connectivity index (χ4n) is 2.91. The van der Waals surface area contributed by atoms with Gasteiger partial charge in [0.15, 0.2) is 0 Å². The predicted octanol–water partition coefficient (Wildman–Crippen LogP) is 2.73. The number of nitrogens with zero attached hydrogens (tertiary/aromatic N) is 1. The SMILES string of the molecule is CC(=O)OC(NC(=O)CSc1cc(Cl)ccc1Cl)C1=C(C(=O)O)N2C(=O)C[C@H]2SC1. The van der Waals surface area contributed by atoms with E-state index in [1.54, 1.807) is 18.2 Å². The first-order valence-electron chi connectivity index (χ1n) is 8.61. The Morgan fingerprint density at radius 2 is 2.13 bits per heavy atom. The summed E-state index contributed by atoms with van der Waals surface area (Å²) >= 11 is 14.5. The third-order valence-corrected chi connectivity index (χ3v) is 7.20. The summed E-state index contributed by atoms with van der Waals surface area (Å²) in [5, 5.41) is 12.8. The van der Waals surface area contributed by atoms with Crippen LogP contribution in [-0.2, 0) is 23.9 Å². The Morgan fingerprint density at radius 1 is 1.40 bits per heavy atom. The van der Waals surface area contributed by atoms with Crippen molar-refractivity contribution in [3.05, 3.63) is 39.5 Å². The van der Waals surface area contributed by atoms with Gasteiger partial charge in [-0.05, 0) is 18.2 Å². The summed E-state index contributed by atoms with van der Waals surface area (Å²) in [6, 6.07) is 4.84. The second kappa shape index (κ2) is 9.51. The Kier molecular flexibility index (Phi) is 7.22. The first-order valence-corrected chi connectivity index (χ1v) is 11.4. The van der Waals surface area contributed by atoms with Crippen LogP contribution in [0, 0.1) is 0 Å². The highest BCUT2D eigenvalue weighted by molar-refractivity contribution is 8.00. The number of halogens is 2. The van der Waals surface area contributed by atoms with E-state index in [2.05, 4.69) is 5.32 Å². The smallest absolute Gasteiger partial charge is 0.352 e. The van der Waals surface area contributed by atoms with Gasteiger partial charge in [-0.1, -0.05) is 23.2 Å². The number of nitrogens with one attached hydrogen (secondary N) is 1. The van der Waals surface area contributed by atoms with Crippen LogP contribution in [0.1, 0.15) is 13.3 Å². The van der Waals surface area contributed by atoms with Gasteiger partial charge in [-0.3, -0.25) is 19.3 Å². The monoisotopic (exact) mass is 490 g/mol. The topological polar surface area (TPSA) is 113 Å². The van der Waals surface area contributed by atoms with E-state index in [4.69, 9.17) is 27.9 Å². The molecule has 1 aromatic carbocycles. The van der Waals surface area contributed by atoms with E-state index in [0.717, 1.165) is 23.6 Å². The Morgan fingerprint density at radius 3 is 2.77 bits per heavy atom. The van der Waals surface area contributed by atoms with Gasteiger partial charge in [0.05, 0.1) is 22.6 Å². The largest absolute Gasteiger partial charge is 0.477 e. The summed E-state index contributed by atoms with van der Waals surface area (Å²) < 4.78 is 5.18. The molecule has 2 heterocycles. The predicted molar refractivity (Wildman–Crippen MR) is 113 cm³/mol. The van der Waals surface area contributed by atoms with Crippen LogP contribution in [0.25, 0.3) is 0 Å². The van der Waals surface area contributed by atoms with Crippen LogP contribution in [0.4, 0.5) is 0 Å². The molecule has 0 radical (unpaired) electrons. The minimum absolute atomic E-state index is 0.0775. The van der Waals surface area contributed by atoms with Gasteiger partial charge in [0.2, 0.25) is 18.0 Å². The molecule has 160 valence electrons. The number of hydrogen-bond donors (Lipinski definition) is 2. The standard InChI is InChI=1S/C18H16Cl2N2O6S2/c1-8(23)28-17(10-6-30-15-5-14(25)22(15)16(10)18(26)27)21-13(24)7-29-12-4-9(19)2-3-11(12)20/h2-4,15,17H,5-7H2,1H3,(H,21,24)(H,26,27)/t15-,17?/m1/s1. The second-order valence-corrected chi connectivity index (χ2v) is 9.36. The molecule has 1 aromatic rings. The molecule has 1 unspecified atom stereocenters. The maximum absolute atomic E-state index is 12.5. The molecule has 2 atom stereocenters. The lowest BCUT2D eigenvalue weighted by molar-refractivity contribution is -0.149. The Hall–Kier alpha value is -1.88. The number of benzene rings is 1. The molecule has 30 heavy (non-hydrogen) atoms. The van der Waals surface area contributed by atoms with Crippen molar-refractivity contribution in [2.75, 3.05) is 11.5 Å². The molecule has 1 saturated heterocycles. The highest BCUT2D eigenvalue weighted by Crippen LogP contribution is 2.41. The zero-order valence-corrected chi connectivity index (χ0v) is 18.7. The van der Waals surface area contributed by atoms with Crippen LogP contribution in [0.3, 0.4) is 0 Å². The number of carboxylic acid groups (broad SMARTS) is 1. The van der Waals surface area contributed by atoms with Crippen molar-refractivity contribution in [2.24, 2.45) is 0 Å². The van der Waals surface area contributed by atoms with Crippen LogP contribution >= 0.6 is 46.7 Å². The van der Waals surface area contributed by atoms with Gasteiger partial charge in [0.1, 0.15) is 5.70 Å². The van der Waals surface area contributed by atoms with Crippen molar-refractivity contribution in [3.8, 4) is 0 Å². The molecule has 2 amide bonds. The summed E-state index contributed by atoms with van der Waals surface area (Å²) in [5.74, 6) is -2.75. The molecular weight excluding hydrogens is 475 g/mol. The summed E-state index contributed by atoms with van der Waals surface area (Å²) in [6.07, 6.45) is -1.06. The van der Waals surface area contributed by atoms with Crippen molar-refractivity contribution < 1.29 is 29.0 Å². The van der Waals surface area contributed by atoms with Crippen molar-refractivity contribution in [1.82, 2.24) is 10.2 Å². The number of hydrogen-bond acceptors (Lipinski definition) is 7. The molecule has 0 aromatic heterocycles. The lowest BCUT2D eigenvalue weighted by atomic mass is 10.1. The van der Waals surface area contributed by atoms with E-state index in [0.29, 0.717) is 14.9 Å². The minimum atomic E-state index is -1.32. The number of β-lactam (4-membered cyclic amide) rings is 1. The zero-order valence-electron chi connectivity index (χ0n) is 15.5. The van der Waals surface area contributed by atoms with Crippen LogP contribution in [0.2, 0.25) is 10.0 Å². The number of carbonyl (C=O) groups is 4. The Bertz CT molecular complexity index is 955. The Balaban J connectivity index is 1.78. The Labute approximate surface area is 190 Å². The molecule has 2 aliphatic rings. The number of aliphatic carboxylic acids is 1. The summed E-state index contributed by atoms with van der Waals surface area (Å²) in [4.78, 5) is 49.5. The highest BCUT2D eigenvalue weighted by Gasteiger charge is 2.47. The fraction of sp³-hybridized carbons (Fsp3) is 0.333. The average molecular weight is 491 g/mol. The number of ether oxygens (including phenoxy) is 1. The van der Waals surface area contributed by atoms with Crippen LogP contribution in [0.15, 0.2) is 34.4 Å². The number of fused-ring (bicyclic) bond motifs is 1. The van der Waals surface area contributed by atoms with Gasteiger partial charge in [-0.15, -0.1) is 23.5 Å². The van der Waals surface area contributed by atoms with Gasteiger partial charge >= 0.3 is 11.9 Å². The third-order valence-electron chi connectivity index (χ3n) is 4.23. The molecule has 12 heteroatoms. The lowest BCUT2D eigenvalue weighted by Crippen LogP contribution is -2.56. The summed E-state index contributed by atoms with van der Waals surface area (Å²) in [5.41, 5.74) is -0.113. The molecule has 0 saturated carbocycles. The molecule has 0 bridgehead atoms. The number of carboxylic acids is 1. The van der Waals surface area contributed by atoms with Gasteiger partial charge < -0.3 is 15.2 Å². The molecule has 0 spiro atoms. The second-order valence-electron chi connectivity index (χ2n) is 6.33. The molecule has 2 aliphatic heterocycles. The van der Waals surface area contributed by atoms with Crippen molar-refractivity contribution in [2.45, 2.75) is 29.8 Å². The fourth-order valence-corrected chi connectivity index (χ4v) is 5.51. The van der Waals surface area contributed by atoms with Crippen LogP contribution < -0.4 is 5.32 Å². The highest BCUT2D eigenvalue weighted by atomic mass is 35.5. The van der Waals surface area contributed by atoms with Gasteiger partial charge in [-0.25, -0.2) is 4.79 Å². The van der Waals surface area contributed by atoms with Crippen molar-refractivity contribution >= 4 is 70.5 Å². The maximum atomic E-state index is 12.5. The summed E-state index contributed by atoms with van der Waals surface area (Å²) in [7, 11) is 0. The van der Waals surface area contributed by atoms with E-state index in [1.165, 1.54) is 11.8 Å². The van der Waals surface area contributed by atoms with Crippen molar-refractivity contribution in [3.63, 3.8) is 0 Å². The average Bonchev–Trinajstić information content (AvgIpc) is 2.66. The van der Waals surface area contributed by atoms with Crippen LogP contribution in [0.5, 0.6) is 0 Å². The molecule has 8 nitrogen and oxygen atoms in total. The number of rotatable bonds is 7. The third kappa shape index (κ3) is 5.05. The molecule has 2 N–H and O–H groups in total. The van der Waals surface area contributed by atoms with E-state index in [1.807, 2.05) is 0 Å². The van der Waals surface area contributed by atoms with E-state index in [9.17, 15) is 24.3 Å². The van der Waals surface area contributed by atoms with Gasteiger partial charge in [0.25, 0.3) is 0 Å². The first kappa shape index (κ1) is 22.8. The van der Waals surface area contributed by atoms with E-state index < -0.39 is 24.1 Å². The lowest BCUT2D eigenvalue weighted by Gasteiger charge is -2.44. The number of thioether (sulfide) groups is 2. The molecule has 0 aliphatic carbocycles. The quantitative estimate of drug-likeness (QED) is 0.259. The molecule has 1 fully saturated rings. The van der Waals surface area contributed by atoms with Gasteiger partial charge in [0, 0.05) is 28.2 Å².